The summed E-state index contributed by atoms with van der Waals surface area (Å²) in [5, 5.41) is 7.46. The van der Waals surface area contributed by atoms with E-state index in [9.17, 15) is 4.79 Å². The van der Waals surface area contributed by atoms with Crippen molar-refractivity contribution in [3.8, 4) is 0 Å². The number of esters is 1. The highest BCUT2D eigenvalue weighted by Crippen LogP contribution is 2.26. The lowest BCUT2D eigenvalue weighted by atomic mass is 9.94. The highest BCUT2D eigenvalue weighted by molar-refractivity contribution is 14.0. The number of aromatic nitrogens is 1. The van der Waals surface area contributed by atoms with Crippen LogP contribution in [0, 0.1) is 6.92 Å². The first-order valence-corrected chi connectivity index (χ1v) is 10.6. The molecule has 8 nitrogen and oxygen atoms in total. The molecular weight excluding hydrogens is 507 g/mol. The summed E-state index contributed by atoms with van der Waals surface area (Å²) >= 11 is 1.35. The quantitative estimate of drug-likeness (QED) is 0.227. The third kappa shape index (κ3) is 7.34. The molecule has 0 spiro atoms. The first-order valence-electron chi connectivity index (χ1n) is 9.77. The molecule has 10 heteroatoms. The second-order valence-electron chi connectivity index (χ2n) is 6.75. The van der Waals surface area contributed by atoms with Crippen LogP contribution in [0.1, 0.15) is 60.0 Å². The number of thiazole rings is 1. The molecular formula is C19H33IN4O4S. The monoisotopic (exact) mass is 540 g/mol. The first-order chi connectivity index (χ1) is 13.4. The van der Waals surface area contributed by atoms with E-state index in [1.807, 2.05) is 20.8 Å². The molecule has 1 saturated heterocycles. The molecule has 0 radical (unpaired) electrons. The molecule has 1 fully saturated rings. The SMILES string of the molecule is CCNC(=NCC1(OC)CCOCC1)NC(C)c1nc(C)c(C(=O)OCC)s1.I. The predicted octanol–water partition coefficient (Wildman–Crippen LogP) is 3.06. The average Bonchev–Trinajstić information content (AvgIpc) is 3.09. The highest BCUT2D eigenvalue weighted by Gasteiger charge is 2.32. The molecule has 0 aliphatic carbocycles. The summed E-state index contributed by atoms with van der Waals surface area (Å²) in [7, 11) is 1.74. The van der Waals surface area contributed by atoms with Crippen LogP contribution < -0.4 is 10.6 Å². The van der Waals surface area contributed by atoms with E-state index < -0.39 is 0 Å². The van der Waals surface area contributed by atoms with E-state index in [0.29, 0.717) is 42.9 Å². The van der Waals surface area contributed by atoms with E-state index in [1.165, 1.54) is 11.3 Å². The summed E-state index contributed by atoms with van der Waals surface area (Å²) in [5.41, 5.74) is 0.410. The zero-order valence-electron chi connectivity index (χ0n) is 17.9. The fraction of sp³-hybridized carbons (Fsp3) is 0.737. The van der Waals surface area contributed by atoms with Crippen LogP contribution >= 0.6 is 35.3 Å². The van der Waals surface area contributed by atoms with Crippen LogP contribution in [0.15, 0.2) is 4.99 Å². The molecule has 1 unspecified atom stereocenters. The Hall–Kier alpha value is -0.980. The van der Waals surface area contributed by atoms with Gasteiger partial charge in [0, 0.05) is 39.7 Å². The van der Waals surface area contributed by atoms with E-state index in [2.05, 4.69) is 15.6 Å². The molecule has 2 N–H and O–H groups in total. The molecule has 1 aliphatic rings. The van der Waals surface area contributed by atoms with Crippen LogP contribution in [-0.2, 0) is 14.2 Å². The summed E-state index contributed by atoms with van der Waals surface area (Å²) in [4.78, 5) is 21.9. The average molecular weight is 540 g/mol. The van der Waals surface area contributed by atoms with Crippen molar-refractivity contribution in [1.29, 1.82) is 0 Å². The lowest BCUT2D eigenvalue weighted by Gasteiger charge is -2.34. The Bertz CT molecular complexity index is 677. The van der Waals surface area contributed by atoms with Gasteiger partial charge in [0.1, 0.15) is 9.88 Å². The lowest BCUT2D eigenvalue weighted by molar-refractivity contribution is -0.0828. The zero-order valence-corrected chi connectivity index (χ0v) is 21.0. The first kappa shape index (κ1) is 26.1. The number of ether oxygens (including phenoxy) is 3. The van der Waals surface area contributed by atoms with Gasteiger partial charge in [-0.25, -0.2) is 9.78 Å². The maximum Gasteiger partial charge on any atom is 0.350 e. The number of aliphatic imine (C=N–C) groups is 1. The predicted molar refractivity (Wildman–Crippen MR) is 126 cm³/mol. The number of nitrogens with zero attached hydrogens (tertiary/aromatic N) is 2. The topological polar surface area (TPSA) is 94.1 Å². The zero-order chi connectivity index (χ0) is 20.6. The van der Waals surface area contributed by atoms with E-state index in [4.69, 9.17) is 19.2 Å². The van der Waals surface area contributed by atoms with Crippen molar-refractivity contribution in [2.75, 3.05) is 40.0 Å². The van der Waals surface area contributed by atoms with Crippen molar-refractivity contribution in [2.45, 2.75) is 52.2 Å². The number of hydrogen-bond donors (Lipinski definition) is 2. The molecule has 2 heterocycles. The third-order valence-corrected chi connectivity index (χ3v) is 6.02. The molecule has 0 aromatic carbocycles. The van der Waals surface area contributed by atoms with Gasteiger partial charge in [-0.2, -0.15) is 0 Å². The maximum atomic E-state index is 12.0. The standard InChI is InChI=1S/C19H32N4O4S.HI/c1-6-20-18(21-12-19(25-5)8-10-26-11-9-19)23-14(4)16-22-13(3)15(28-16)17(24)27-7-2;/h14H,6-12H2,1-5H3,(H2,20,21,23);1H. The van der Waals surface area contributed by atoms with Gasteiger partial charge in [-0.3, -0.25) is 4.99 Å². The Labute approximate surface area is 194 Å². The molecule has 2 rings (SSSR count). The minimum atomic E-state index is -0.321. The van der Waals surface area contributed by atoms with Gasteiger partial charge in [0.15, 0.2) is 5.96 Å². The number of rotatable bonds is 8. The Kier molecular flexibility index (Phi) is 11.4. The van der Waals surface area contributed by atoms with E-state index >= 15 is 0 Å². The number of methoxy groups -OCH3 is 1. The number of hydrogen-bond acceptors (Lipinski definition) is 7. The second kappa shape index (κ2) is 12.7. The number of carbonyl (C=O) groups is 1. The van der Waals surface area contributed by atoms with Crippen LogP contribution in [-0.4, -0.2) is 62.5 Å². The number of carbonyl (C=O) groups excluding carboxylic acids is 1. The summed E-state index contributed by atoms with van der Waals surface area (Å²) in [6, 6.07) is -0.0992. The van der Waals surface area contributed by atoms with Crippen LogP contribution in [0.5, 0.6) is 0 Å². The Morgan fingerprint density at radius 3 is 2.66 bits per heavy atom. The Balaban J connectivity index is 0.00000420. The molecule has 1 aromatic heterocycles. The van der Waals surface area contributed by atoms with Gasteiger partial charge in [0.05, 0.1) is 30.5 Å². The molecule has 166 valence electrons. The Morgan fingerprint density at radius 1 is 1.38 bits per heavy atom. The lowest BCUT2D eigenvalue weighted by Crippen LogP contribution is -2.44. The van der Waals surface area contributed by atoms with E-state index in [0.717, 1.165) is 24.4 Å². The molecule has 0 saturated carbocycles. The van der Waals surface area contributed by atoms with Gasteiger partial charge in [-0.1, -0.05) is 0 Å². The molecule has 0 bridgehead atoms. The second-order valence-corrected chi connectivity index (χ2v) is 7.78. The minimum absolute atomic E-state index is 0. The number of nitrogens with one attached hydrogen (secondary N) is 2. The van der Waals surface area contributed by atoms with Crippen molar-refractivity contribution in [1.82, 2.24) is 15.6 Å². The van der Waals surface area contributed by atoms with Gasteiger partial charge < -0.3 is 24.8 Å². The molecule has 1 aromatic rings. The van der Waals surface area contributed by atoms with Crippen LogP contribution in [0.3, 0.4) is 0 Å². The number of guanidine groups is 1. The number of aryl methyl sites for hydroxylation is 1. The van der Waals surface area contributed by atoms with Crippen LogP contribution in [0.2, 0.25) is 0 Å². The molecule has 1 aliphatic heterocycles. The van der Waals surface area contributed by atoms with Crippen LogP contribution in [0.25, 0.3) is 0 Å². The normalized spacial score (nSPS) is 17.2. The van der Waals surface area contributed by atoms with E-state index in [1.54, 1.807) is 14.0 Å². The summed E-state index contributed by atoms with van der Waals surface area (Å²) in [5.74, 6) is 0.376. The van der Waals surface area contributed by atoms with Crippen LogP contribution in [0.4, 0.5) is 0 Å². The number of halogens is 1. The van der Waals surface area contributed by atoms with Gasteiger partial charge in [-0.05, 0) is 27.7 Å². The largest absolute Gasteiger partial charge is 0.462 e. The van der Waals surface area contributed by atoms with Gasteiger partial charge in [0.25, 0.3) is 0 Å². The maximum absolute atomic E-state index is 12.0. The minimum Gasteiger partial charge on any atom is -0.462 e. The summed E-state index contributed by atoms with van der Waals surface area (Å²) in [6.45, 7) is 10.7. The van der Waals surface area contributed by atoms with Gasteiger partial charge in [0.2, 0.25) is 0 Å². The third-order valence-electron chi connectivity index (χ3n) is 4.70. The molecule has 29 heavy (non-hydrogen) atoms. The fourth-order valence-corrected chi connectivity index (χ4v) is 3.93. The molecule has 0 amide bonds. The van der Waals surface area contributed by atoms with Gasteiger partial charge in [-0.15, -0.1) is 35.3 Å². The smallest absolute Gasteiger partial charge is 0.350 e. The summed E-state index contributed by atoms with van der Waals surface area (Å²) < 4.78 is 16.3. The van der Waals surface area contributed by atoms with Crippen molar-refractivity contribution in [2.24, 2.45) is 4.99 Å². The van der Waals surface area contributed by atoms with E-state index in [-0.39, 0.29) is 41.6 Å². The molecule has 1 atom stereocenters. The fourth-order valence-electron chi connectivity index (χ4n) is 2.97. The van der Waals surface area contributed by atoms with Crippen molar-refractivity contribution < 1.29 is 19.0 Å². The van der Waals surface area contributed by atoms with Crippen molar-refractivity contribution >= 4 is 47.2 Å². The van der Waals surface area contributed by atoms with Crippen molar-refractivity contribution in [3.05, 3.63) is 15.6 Å². The Morgan fingerprint density at radius 2 is 2.07 bits per heavy atom. The van der Waals surface area contributed by atoms with Gasteiger partial charge >= 0.3 is 5.97 Å². The summed E-state index contributed by atoms with van der Waals surface area (Å²) in [6.07, 6.45) is 1.66. The highest BCUT2D eigenvalue weighted by atomic mass is 127. The van der Waals surface area contributed by atoms with Crippen molar-refractivity contribution in [3.63, 3.8) is 0 Å².